The number of ether oxygens (including phenoxy) is 1. The molecule has 27 heavy (non-hydrogen) atoms. The first-order valence-corrected chi connectivity index (χ1v) is 9.37. The van der Waals surface area contributed by atoms with Crippen LogP contribution in [0.1, 0.15) is 23.3 Å². The normalized spacial score (nSPS) is 17.1. The number of rotatable bonds is 3. The highest BCUT2D eigenvalue weighted by atomic mass is 35.5. The van der Waals surface area contributed by atoms with Crippen LogP contribution in [0.5, 0.6) is 0 Å². The molecule has 2 aromatic heterocycles. The molecule has 138 valence electrons. The Morgan fingerprint density at radius 2 is 1.96 bits per heavy atom. The lowest BCUT2D eigenvalue weighted by atomic mass is 10.1. The molecular weight excluding hydrogens is 360 g/mol. The third-order valence-corrected chi connectivity index (χ3v) is 4.85. The van der Waals surface area contributed by atoms with E-state index in [1.54, 1.807) is 0 Å². The summed E-state index contributed by atoms with van der Waals surface area (Å²) >= 11 is 6.09. The molecule has 0 unspecified atom stereocenters. The second-order valence-corrected chi connectivity index (χ2v) is 7.14. The minimum atomic E-state index is -0.0808. The summed E-state index contributed by atoms with van der Waals surface area (Å²) in [6, 6.07) is 13.9. The molecule has 0 saturated carbocycles. The van der Waals surface area contributed by atoms with Crippen LogP contribution >= 0.6 is 11.6 Å². The highest BCUT2D eigenvalue weighted by Crippen LogP contribution is 2.27. The summed E-state index contributed by atoms with van der Waals surface area (Å²) in [5.74, 6) is 1.74. The van der Waals surface area contributed by atoms with Gasteiger partial charge in [-0.15, -0.1) is 0 Å². The Bertz CT molecular complexity index is 925. The van der Waals surface area contributed by atoms with E-state index in [1.807, 2.05) is 56.4 Å². The molecule has 1 saturated heterocycles. The first-order chi connectivity index (χ1) is 13.1. The summed E-state index contributed by atoms with van der Waals surface area (Å²) in [4.78, 5) is 15.8. The number of aryl methyl sites for hydroxylation is 2. The molecule has 6 heteroatoms. The van der Waals surface area contributed by atoms with Crippen molar-refractivity contribution in [1.82, 2.24) is 15.0 Å². The lowest BCUT2D eigenvalue weighted by molar-refractivity contribution is 0.0367. The molecule has 0 radical (unpaired) electrons. The summed E-state index contributed by atoms with van der Waals surface area (Å²) in [5, 5.41) is 0.721. The van der Waals surface area contributed by atoms with Crippen molar-refractivity contribution in [3.63, 3.8) is 0 Å². The fourth-order valence-corrected chi connectivity index (χ4v) is 3.52. The topological polar surface area (TPSA) is 51.1 Å². The molecule has 0 aliphatic carbocycles. The Hall–Kier alpha value is -2.50. The quantitative estimate of drug-likeness (QED) is 0.674. The van der Waals surface area contributed by atoms with Gasteiger partial charge in [0.15, 0.2) is 0 Å². The zero-order valence-corrected chi connectivity index (χ0v) is 16.1. The molecule has 0 bridgehead atoms. The number of benzene rings is 1. The van der Waals surface area contributed by atoms with Gasteiger partial charge in [0.25, 0.3) is 0 Å². The van der Waals surface area contributed by atoms with Crippen molar-refractivity contribution < 1.29 is 4.74 Å². The van der Waals surface area contributed by atoms with Crippen molar-refractivity contribution in [1.29, 1.82) is 0 Å². The van der Waals surface area contributed by atoms with E-state index < -0.39 is 0 Å². The van der Waals surface area contributed by atoms with Gasteiger partial charge in [0.2, 0.25) is 0 Å². The average Bonchev–Trinajstić information content (AvgIpc) is 2.67. The zero-order valence-electron chi connectivity index (χ0n) is 15.4. The van der Waals surface area contributed by atoms with Crippen LogP contribution in [0.15, 0.2) is 48.7 Å². The summed E-state index contributed by atoms with van der Waals surface area (Å²) < 4.78 is 5.97. The van der Waals surface area contributed by atoms with Gasteiger partial charge in [-0.25, -0.2) is 9.97 Å². The van der Waals surface area contributed by atoms with Crippen molar-refractivity contribution in [2.75, 3.05) is 24.6 Å². The molecule has 1 aromatic carbocycles. The Morgan fingerprint density at radius 3 is 2.70 bits per heavy atom. The van der Waals surface area contributed by atoms with Crippen LogP contribution in [0.4, 0.5) is 5.82 Å². The molecule has 1 aliphatic heterocycles. The third kappa shape index (κ3) is 4.10. The van der Waals surface area contributed by atoms with E-state index in [4.69, 9.17) is 16.3 Å². The average molecular weight is 381 g/mol. The maximum Gasteiger partial charge on any atom is 0.132 e. The monoisotopic (exact) mass is 380 g/mol. The zero-order chi connectivity index (χ0) is 18.8. The summed E-state index contributed by atoms with van der Waals surface area (Å²) in [6.07, 6.45) is 1.80. The maximum atomic E-state index is 6.09. The van der Waals surface area contributed by atoms with Crippen LogP contribution in [0.2, 0.25) is 5.02 Å². The number of nitrogens with zero attached hydrogens (tertiary/aromatic N) is 4. The van der Waals surface area contributed by atoms with Gasteiger partial charge in [-0.1, -0.05) is 29.8 Å². The Morgan fingerprint density at radius 1 is 1.07 bits per heavy atom. The molecule has 1 aliphatic rings. The lowest BCUT2D eigenvalue weighted by Crippen LogP contribution is -2.39. The van der Waals surface area contributed by atoms with Crippen molar-refractivity contribution >= 4 is 17.4 Å². The van der Waals surface area contributed by atoms with Crippen LogP contribution in [-0.2, 0) is 4.74 Å². The summed E-state index contributed by atoms with van der Waals surface area (Å²) in [5.41, 5.74) is 3.99. The van der Waals surface area contributed by atoms with Crippen LogP contribution in [0.3, 0.4) is 0 Å². The standard InChI is InChI=1S/C21H21ClN4O/c1-14-10-21(25-15(2)24-14)26-8-9-27-20(13-26)19-7-6-17(12-23-19)16-4-3-5-18(22)11-16/h3-7,10-12,20H,8-9,13H2,1-2H3/t20-/m0/s1. The van der Waals surface area contributed by atoms with E-state index in [2.05, 4.69) is 25.9 Å². The number of morpholine rings is 1. The predicted molar refractivity (Wildman–Crippen MR) is 107 cm³/mol. The van der Waals surface area contributed by atoms with E-state index in [1.165, 1.54) is 0 Å². The van der Waals surface area contributed by atoms with Crippen molar-refractivity contribution in [3.05, 3.63) is 70.9 Å². The van der Waals surface area contributed by atoms with Gasteiger partial charge in [-0.2, -0.15) is 0 Å². The van der Waals surface area contributed by atoms with E-state index >= 15 is 0 Å². The van der Waals surface area contributed by atoms with Crippen LogP contribution < -0.4 is 4.90 Å². The fraction of sp³-hybridized carbons (Fsp3) is 0.286. The Balaban J connectivity index is 1.53. The van der Waals surface area contributed by atoms with Gasteiger partial charge in [0.05, 0.1) is 18.8 Å². The molecule has 1 atom stereocenters. The molecule has 3 aromatic rings. The largest absolute Gasteiger partial charge is 0.368 e. The van der Waals surface area contributed by atoms with E-state index in [9.17, 15) is 0 Å². The van der Waals surface area contributed by atoms with Crippen LogP contribution in [0.25, 0.3) is 11.1 Å². The first kappa shape index (κ1) is 17.9. The number of anilines is 1. The number of hydrogen-bond acceptors (Lipinski definition) is 5. The summed E-state index contributed by atoms with van der Waals surface area (Å²) in [6.45, 7) is 6.09. The first-order valence-electron chi connectivity index (χ1n) is 8.99. The number of pyridine rings is 1. The molecule has 0 N–H and O–H groups in total. The molecule has 0 amide bonds. The van der Waals surface area contributed by atoms with Gasteiger partial charge in [-0.05, 0) is 37.6 Å². The van der Waals surface area contributed by atoms with E-state index in [0.29, 0.717) is 6.61 Å². The number of hydrogen-bond donors (Lipinski definition) is 0. The predicted octanol–water partition coefficient (Wildman–Crippen LogP) is 4.39. The number of halogens is 1. The fourth-order valence-electron chi connectivity index (χ4n) is 3.33. The second kappa shape index (κ2) is 7.62. The maximum absolute atomic E-state index is 6.09. The molecule has 4 rings (SSSR count). The lowest BCUT2D eigenvalue weighted by Gasteiger charge is -2.33. The minimum Gasteiger partial charge on any atom is -0.368 e. The second-order valence-electron chi connectivity index (χ2n) is 6.70. The van der Waals surface area contributed by atoms with Crippen LogP contribution in [-0.4, -0.2) is 34.6 Å². The van der Waals surface area contributed by atoms with Crippen molar-refractivity contribution in [2.45, 2.75) is 20.0 Å². The van der Waals surface area contributed by atoms with Gasteiger partial charge in [0.1, 0.15) is 17.7 Å². The van der Waals surface area contributed by atoms with Crippen molar-refractivity contribution in [2.24, 2.45) is 0 Å². The van der Waals surface area contributed by atoms with Crippen molar-refractivity contribution in [3.8, 4) is 11.1 Å². The Kier molecular flexibility index (Phi) is 5.05. The van der Waals surface area contributed by atoms with Gasteiger partial charge < -0.3 is 9.64 Å². The van der Waals surface area contributed by atoms with Gasteiger partial charge in [-0.3, -0.25) is 4.98 Å². The molecule has 0 spiro atoms. The Labute approximate surface area is 164 Å². The van der Waals surface area contributed by atoms with Gasteiger partial charge in [0, 0.05) is 35.1 Å². The highest BCUT2D eigenvalue weighted by Gasteiger charge is 2.24. The van der Waals surface area contributed by atoms with Gasteiger partial charge >= 0.3 is 0 Å². The molecule has 1 fully saturated rings. The molecular formula is C21H21ClN4O. The summed E-state index contributed by atoms with van der Waals surface area (Å²) in [7, 11) is 0. The van der Waals surface area contributed by atoms with E-state index in [0.717, 1.165) is 52.3 Å². The molecule has 3 heterocycles. The number of aromatic nitrogens is 3. The van der Waals surface area contributed by atoms with Crippen LogP contribution in [0, 0.1) is 13.8 Å². The van der Waals surface area contributed by atoms with E-state index in [-0.39, 0.29) is 6.10 Å². The minimum absolute atomic E-state index is 0.0808. The molecule has 5 nitrogen and oxygen atoms in total. The smallest absolute Gasteiger partial charge is 0.132 e. The third-order valence-electron chi connectivity index (χ3n) is 4.62. The SMILES string of the molecule is Cc1cc(N2CCO[C@H](c3ccc(-c4cccc(Cl)c4)cn3)C2)nc(C)n1. The highest BCUT2D eigenvalue weighted by molar-refractivity contribution is 6.30.